The van der Waals surface area contributed by atoms with Crippen LogP contribution in [0.25, 0.3) is 10.8 Å². The number of methoxy groups -OCH3 is 1. The number of amides is 1. The van der Waals surface area contributed by atoms with Crippen molar-refractivity contribution in [3.05, 3.63) is 42.0 Å². The van der Waals surface area contributed by atoms with Crippen LogP contribution in [-0.4, -0.2) is 66.2 Å². The number of carbonyl (C=O) groups excluding carboxylic acids is 1. The van der Waals surface area contributed by atoms with Crippen molar-refractivity contribution in [2.75, 3.05) is 39.9 Å². The van der Waals surface area contributed by atoms with Gasteiger partial charge in [0, 0.05) is 32.3 Å². The van der Waals surface area contributed by atoms with Gasteiger partial charge in [-0.1, -0.05) is 24.3 Å². The lowest BCUT2D eigenvalue weighted by molar-refractivity contribution is 0.0695. The molecule has 0 unspecified atom stereocenters. The molecule has 2 aliphatic rings. The van der Waals surface area contributed by atoms with Crippen LogP contribution in [0, 0.1) is 0 Å². The van der Waals surface area contributed by atoms with E-state index in [1.165, 1.54) is 12.8 Å². The highest BCUT2D eigenvalue weighted by atomic mass is 16.5. The number of benzene rings is 2. The highest BCUT2D eigenvalue weighted by Crippen LogP contribution is 2.38. The standard InChI is InChI=1S/C23H30N2O3/c1-28-15-14-25-12-5-9-23(25)8-4-11-24(13-10-23)22(27)20-16-18-6-2-3-7-19(18)17-21(20)26/h2-3,6-7,16-17,26H,4-5,8-15H2,1H3/t23-/m1/s1. The first-order chi connectivity index (χ1) is 13.6. The smallest absolute Gasteiger partial charge is 0.257 e. The van der Waals surface area contributed by atoms with Crippen molar-refractivity contribution in [3.8, 4) is 5.75 Å². The van der Waals surface area contributed by atoms with Gasteiger partial charge < -0.3 is 14.7 Å². The Morgan fingerprint density at radius 1 is 1.07 bits per heavy atom. The number of carbonyl (C=O) groups is 1. The third-order valence-electron chi connectivity index (χ3n) is 6.61. The van der Waals surface area contributed by atoms with Crippen LogP contribution in [0.4, 0.5) is 0 Å². The van der Waals surface area contributed by atoms with Gasteiger partial charge in [-0.05, 0) is 61.6 Å². The number of hydrogen-bond donors (Lipinski definition) is 1. The average Bonchev–Trinajstić information content (AvgIpc) is 2.96. The van der Waals surface area contributed by atoms with E-state index < -0.39 is 0 Å². The molecule has 2 heterocycles. The molecule has 2 aromatic rings. The number of hydrogen-bond acceptors (Lipinski definition) is 4. The monoisotopic (exact) mass is 382 g/mol. The van der Waals surface area contributed by atoms with Crippen molar-refractivity contribution in [1.82, 2.24) is 9.80 Å². The van der Waals surface area contributed by atoms with E-state index in [0.717, 1.165) is 62.8 Å². The second-order valence-corrected chi connectivity index (χ2v) is 8.17. The minimum atomic E-state index is -0.0539. The summed E-state index contributed by atoms with van der Waals surface area (Å²) in [7, 11) is 1.76. The first kappa shape index (κ1) is 19.2. The second-order valence-electron chi connectivity index (χ2n) is 8.17. The largest absolute Gasteiger partial charge is 0.507 e. The van der Waals surface area contributed by atoms with Crippen molar-refractivity contribution < 1.29 is 14.6 Å². The number of phenolic OH excluding ortho intramolecular Hbond substituents is 1. The summed E-state index contributed by atoms with van der Waals surface area (Å²) in [6.07, 6.45) is 5.56. The van der Waals surface area contributed by atoms with E-state index in [-0.39, 0.29) is 17.2 Å². The normalized spacial score (nSPS) is 23.4. The lowest BCUT2D eigenvalue weighted by Crippen LogP contribution is -2.46. The molecule has 5 heteroatoms. The summed E-state index contributed by atoms with van der Waals surface area (Å²) < 4.78 is 5.30. The van der Waals surface area contributed by atoms with E-state index in [4.69, 9.17) is 4.74 Å². The van der Waals surface area contributed by atoms with Gasteiger partial charge in [0.2, 0.25) is 0 Å². The number of fused-ring (bicyclic) bond motifs is 1. The van der Waals surface area contributed by atoms with Crippen LogP contribution < -0.4 is 0 Å². The number of nitrogens with zero attached hydrogens (tertiary/aromatic N) is 2. The molecule has 0 radical (unpaired) electrons. The van der Waals surface area contributed by atoms with Crippen molar-refractivity contribution in [3.63, 3.8) is 0 Å². The van der Waals surface area contributed by atoms with Gasteiger partial charge in [0.05, 0.1) is 12.2 Å². The van der Waals surface area contributed by atoms with Gasteiger partial charge in [0.15, 0.2) is 0 Å². The van der Waals surface area contributed by atoms with E-state index in [1.807, 2.05) is 35.2 Å². The molecule has 2 fully saturated rings. The molecule has 0 bridgehead atoms. The van der Waals surface area contributed by atoms with Crippen LogP contribution in [0.3, 0.4) is 0 Å². The fraction of sp³-hybridized carbons (Fsp3) is 0.522. The zero-order valence-corrected chi connectivity index (χ0v) is 16.7. The van der Waals surface area contributed by atoms with Gasteiger partial charge in [-0.25, -0.2) is 0 Å². The fourth-order valence-electron chi connectivity index (χ4n) is 5.06. The molecular weight excluding hydrogens is 352 g/mol. The van der Waals surface area contributed by atoms with Crippen LogP contribution in [0.2, 0.25) is 0 Å². The molecular formula is C23H30N2O3. The highest BCUT2D eigenvalue weighted by Gasteiger charge is 2.41. The molecule has 2 saturated heterocycles. The Morgan fingerprint density at radius 2 is 1.79 bits per heavy atom. The molecule has 1 spiro atoms. The Hall–Kier alpha value is -2.11. The van der Waals surface area contributed by atoms with Gasteiger partial charge in [0.1, 0.15) is 5.75 Å². The quantitative estimate of drug-likeness (QED) is 0.877. The van der Waals surface area contributed by atoms with Crippen molar-refractivity contribution in [1.29, 1.82) is 0 Å². The second kappa shape index (κ2) is 8.10. The van der Waals surface area contributed by atoms with Crippen molar-refractivity contribution in [2.24, 2.45) is 0 Å². The maximum atomic E-state index is 13.2. The number of aromatic hydroxyl groups is 1. The lowest BCUT2D eigenvalue weighted by Gasteiger charge is -2.38. The summed E-state index contributed by atoms with van der Waals surface area (Å²) >= 11 is 0. The summed E-state index contributed by atoms with van der Waals surface area (Å²) in [4.78, 5) is 17.7. The van der Waals surface area contributed by atoms with Crippen LogP contribution in [-0.2, 0) is 4.74 Å². The van der Waals surface area contributed by atoms with Crippen LogP contribution >= 0.6 is 0 Å². The Bertz CT molecular complexity index is 853. The predicted octanol–water partition coefficient (Wildman–Crippen LogP) is 3.65. The summed E-state index contributed by atoms with van der Waals surface area (Å²) in [6, 6.07) is 11.4. The summed E-state index contributed by atoms with van der Waals surface area (Å²) in [5.74, 6) is 0.0204. The van der Waals surface area contributed by atoms with E-state index >= 15 is 0 Å². The Labute approximate surface area is 166 Å². The minimum Gasteiger partial charge on any atom is -0.507 e. The molecule has 5 nitrogen and oxygen atoms in total. The first-order valence-electron chi connectivity index (χ1n) is 10.4. The van der Waals surface area contributed by atoms with E-state index in [0.29, 0.717) is 5.56 Å². The van der Waals surface area contributed by atoms with Gasteiger partial charge in [-0.2, -0.15) is 0 Å². The molecule has 0 aromatic heterocycles. The minimum absolute atomic E-state index is 0.0539. The molecule has 2 aromatic carbocycles. The SMILES string of the molecule is COCCN1CCC[C@@]12CCCN(C(=O)c1cc3ccccc3cc1O)CC2. The molecule has 28 heavy (non-hydrogen) atoms. The molecule has 0 aliphatic carbocycles. The maximum absolute atomic E-state index is 13.2. The first-order valence-corrected chi connectivity index (χ1v) is 10.4. The maximum Gasteiger partial charge on any atom is 0.257 e. The molecule has 1 amide bonds. The zero-order valence-electron chi connectivity index (χ0n) is 16.7. The highest BCUT2D eigenvalue weighted by molar-refractivity contribution is 6.01. The Kier molecular flexibility index (Phi) is 5.56. The van der Waals surface area contributed by atoms with Crippen LogP contribution in [0.15, 0.2) is 36.4 Å². The summed E-state index contributed by atoms with van der Waals surface area (Å²) in [5, 5.41) is 12.4. The Morgan fingerprint density at radius 3 is 2.54 bits per heavy atom. The number of phenols is 1. The number of likely N-dealkylation sites (tertiary alicyclic amines) is 2. The predicted molar refractivity (Wildman–Crippen MR) is 111 cm³/mol. The average molecular weight is 383 g/mol. The molecule has 4 rings (SSSR count). The van der Waals surface area contributed by atoms with Gasteiger partial charge >= 0.3 is 0 Å². The van der Waals surface area contributed by atoms with Gasteiger partial charge in [0.25, 0.3) is 5.91 Å². The molecule has 1 atom stereocenters. The van der Waals surface area contributed by atoms with Crippen LogP contribution in [0.5, 0.6) is 5.75 Å². The molecule has 150 valence electrons. The molecule has 0 saturated carbocycles. The van der Waals surface area contributed by atoms with E-state index in [1.54, 1.807) is 13.2 Å². The van der Waals surface area contributed by atoms with Gasteiger partial charge in [-0.3, -0.25) is 9.69 Å². The third-order valence-corrected chi connectivity index (χ3v) is 6.61. The third kappa shape index (κ3) is 3.61. The molecule has 1 N–H and O–H groups in total. The van der Waals surface area contributed by atoms with Crippen LogP contribution in [0.1, 0.15) is 42.5 Å². The number of ether oxygens (including phenoxy) is 1. The van der Waals surface area contributed by atoms with Crippen molar-refractivity contribution in [2.45, 2.75) is 37.6 Å². The lowest BCUT2D eigenvalue weighted by atomic mass is 9.88. The Balaban J connectivity index is 1.51. The van der Waals surface area contributed by atoms with E-state index in [9.17, 15) is 9.90 Å². The fourth-order valence-corrected chi connectivity index (χ4v) is 5.06. The van der Waals surface area contributed by atoms with E-state index in [2.05, 4.69) is 4.90 Å². The van der Waals surface area contributed by atoms with Gasteiger partial charge in [-0.15, -0.1) is 0 Å². The topological polar surface area (TPSA) is 53.0 Å². The summed E-state index contributed by atoms with van der Waals surface area (Å²) in [6.45, 7) is 4.35. The van der Waals surface area contributed by atoms with Crippen molar-refractivity contribution >= 4 is 16.7 Å². The number of rotatable bonds is 4. The summed E-state index contributed by atoms with van der Waals surface area (Å²) in [5.41, 5.74) is 0.622. The molecule has 2 aliphatic heterocycles. The zero-order chi connectivity index (χ0) is 19.6.